The molecule has 72 valence electrons. The summed E-state index contributed by atoms with van der Waals surface area (Å²) >= 11 is 0. The molecule has 3 N–H and O–H groups in total. The standard InChI is InChI=1S/C10H14O3/c1-5-6(2)10(13)9(12)4-8(5)7(3)11/h4,7,11-13H,1-3H3. The lowest BCUT2D eigenvalue weighted by molar-refractivity contribution is 0.198. The zero-order chi connectivity index (χ0) is 10.2. The van der Waals surface area contributed by atoms with E-state index in [1.807, 2.05) is 0 Å². The van der Waals surface area contributed by atoms with Gasteiger partial charge in [-0.2, -0.15) is 0 Å². The van der Waals surface area contributed by atoms with E-state index >= 15 is 0 Å². The van der Waals surface area contributed by atoms with Crippen molar-refractivity contribution >= 4 is 0 Å². The van der Waals surface area contributed by atoms with Gasteiger partial charge in [0.05, 0.1) is 6.10 Å². The Morgan fingerprint density at radius 1 is 1.15 bits per heavy atom. The van der Waals surface area contributed by atoms with Crippen LogP contribution in [0, 0.1) is 13.8 Å². The monoisotopic (exact) mass is 182 g/mol. The summed E-state index contributed by atoms with van der Waals surface area (Å²) in [5.41, 5.74) is 2.06. The Bertz CT molecular complexity index is 329. The van der Waals surface area contributed by atoms with Gasteiger partial charge in [0.25, 0.3) is 0 Å². The molecule has 3 heteroatoms. The molecule has 0 saturated carbocycles. The van der Waals surface area contributed by atoms with Crippen LogP contribution in [0.5, 0.6) is 11.5 Å². The third-order valence-corrected chi connectivity index (χ3v) is 2.34. The lowest BCUT2D eigenvalue weighted by atomic mass is 9.98. The second kappa shape index (κ2) is 3.26. The minimum absolute atomic E-state index is 0.109. The summed E-state index contributed by atoms with van der Waals surface area (Å²) in [5, 5.41) is 28.0. The van der Waals surface area contributed by atoms with Gasteiger partial charge in [0.15, 0.2) is 11.5 Å². The summed E-state index contributed by atoms with van der Waals surface area (Å²) in [6, 6.07) is 1.39. The number of phenols is 2. The molecule has 0 bridgehead atoms. The van der Waals surface area contributed by atoms with Crippen LogP contribution in [0.4, 0.5) is 0 Å². The molecule has 1 unspecified atom stereocenters. The SMILES string of the molecule is Cc1c(C(C)O)cc(O)c(O)c1C. The molecule has 0 aliphatic carbocycles. The lowest BCUT2D eigenvalue weighted by Gasteiger charge is -2.13. The fourth-order valence-corrected chi connectivity index (χ4v) is 1.34. The van der Waals surface area contributed by atoms with Crippen molar-refractivity contribution in [2.24, 2.45) is 0 Å². The van der Waals surface area contributed by atoms with E-state index in [9.17, 15) is 15.3 Å². The number of aliphatic hydroxyl groups is 1. The van der Waals surface area contributed by atoms with E-state index in [-0.39, 0.29) is 11.5 Å². The maximum atomic E-state index is 9.36. The Morgan fingerprint density at radius 3 is 2.15 bits per heavy atom. The highest BCUT2D eigenvalue weighted by molar-refractivity contribution is 5.52. The number of benzene rings is 1. The predicted molar refractivity (Wildman–Crippen MR) is 49.9 cm³/mol. The van der Waals surface area contributed by atoms with Gasteiger partial charge >= 0.3 is 0 Å². The Kier molecular flexibility index (Phi) is 2.48. The number of hydrogen-bond donors (Lipinski definition) is 3. The van der Waals surface area contributed by atoms with E-state index in [0.717, 1.165) is 5.56 Å². The van der Waals surface area contributed by atoms with E-state index in [4.69, 9.17) is 0 Å². The first kappa shape index (κ1) is 9.86. The fourth-order valence-electron chi connectivity index (χ4n) is 1.34. The van der Waals surface area contributed by atoms with Gasteiger partial charge in [0, 0.05) is 0 Å². The van der Waals surface area contributed by atoms with E-state index in [1.54, 1.807) is 20.8 Å². The smallest absolute Gasteiger partial charge is 0.160 e. The summed E-state index contributed by atoms with van der Waals surface area (Å²) in [4.78, 5) is 0. The third kappa shape index (κ3) is 1.60. The van der Waals surface area contributed by atoms with E-state index in [2.05, 4.69) is 0 Å². The van der Waals surface area contributed by atoms with Gasteiger partial charge in [0.1, 0.15) is 0 Å². The summed E-state index contributed by atoms with van der Waals surface area (Å²) in [5.74, 6) is -0.291. The van der Waals surface area contributed by atoms with Gasteiger partial charge < -0.3 is 15.3 Å². The zero-order valence-electron chi connectivity index (χ0n) is 8.00. The van der Waals surface area contributed by atoms with E-state index in [0.29, 0.717) is 11.1 Å². The van der Waals surface area contributed by atoms with Crippen LogP contribution in [0.1, 0.15) is 29.7 Å². The Hall–Kier alpha value is -1.22. The van der Waals surface area contributed by atoms with Crippen molar-refractivity contribution in [2.75, 3.05) is 0 Å². The number of phenolic OH excluding ortho intramolecular Hbond substituents is 2. The first-order valence-electron chi connectivity index (χ1n) is 4.15. The van der Waals surface area contributed by atoms with E-state index < -0.39 is 6.10 Å². The van der Waals surface area contributed by atoms with Crippen molar-refractivity contribution in [1.29, 1.82) is 0 Å². The largest absolute Gasteiger partial charge is 0.504 e. The van der Waals surface area contributed by atoms with Crippen LogP contribution in [0.25, 0.3) is 0 Å². The molecule has 0 saturated heterocycles. The van der Waals surface area contributed by atoms with Crippen molar-refractivity contribution in [2.45, 2.75) is 26.9 Å². The van der Waals surface area contributed by atoms with Crippen LogP contribution in [0.3, 0.4) is 0 Å². The molecule has 0 aromatic heterocycles. The molecule has 1 rings (SSSR count). The number of rotatable bonds is 1. The summed E-state index contributed by atoms with van der Waals surface area (Å²) in [7, 11) is 0. The number of aromatic hydroxyl groups is 2. The summed E-state index contributed by atoms with van der Waals surface area (Å²) in [6.07, 6.45) is -0.634. The van der Waals surface area contributed by atoms with Crippen molar-refractivity contribution in [1.82, 2.24) is 0 Å². The van der Waals surface area contributed by atoms with Crippen LogP contribution < -0.4 is 0 Å². The number of hydrogen-bond acceptors (Lipinski definition) is 3. The molecule has 0 aliphatic rings. The topological polar surface area (TPSA) is 60.7 Å². The molecular weight excluding hydrogens is 168 g/mol. The molecule has 0 spiro atoms. The van der Waals surface area contributed by atoms with Crippen LogP contribution >= 0.6 is 0 Å². The molecule has 1 atom stereocenters. The average Bonchev–Trinajstić information content (AvgIpc) is 2.07. The van der Waals surface area contributed by atoms with Crippen LogP contribution in [0.15, 0.2) is 6.07 Å². The highest BCUT2D eigenvalue weighted by Gasteiger charge is 2.13. The maximum absolute atomic E-state index is 9.36. The molecule has 1 aromatic carbocycles. The molecule has 1 aromatic rings. The van der Waals surface area contributed by atoms with Crippen molar-refractivity contribution < 1.29 is 15.3 Å². The van der Waals surface area contributed by atoms with Gasteiger partial charge in [-0.25, -0.2) is 0 Å². The summed E-state index contributed by atoms with van der Waals surface area (Å²) < 4.78 is 0. The van der Waals surface area contributed by atoms with Gasteiger partial charge in [-0.15, -0.1) is 0 Å². The molecule has 0 heterocycles. The normalized spacial score (nSPS) is 12.9. The van der Waals surface area contributed by atoms with Gasteiger partial charge in [-0.05, 0) is 43.5 Å². The lowest BCUT2D eigenvalue weighted by Crippen LogP contribution is -1.97. The molecule has 0 radical (unpaired) electrons. The molecular formula is C10H14O3. The molecule has 0 aliphatic heterocycles. The minimum atomic E-state index is -0.634. The molecule has 3 nitrogen and oxygen atoms in total. The molecule has 13 heavy (non-hydrogen) atoms. The zero-order valence-corrected chi connectivity index (χ0v) is 8.00. The summed E-state index contributed by atoms with van der Waals surface area (Å²) in [6.45, 7) is 5.13. The minimum Gasteiger partial charge on any atom is -0.504 e. The van der Waals surface area contributed by atoms with Crippen molar-refractivity contribution in [3.63, 3.8) is 0 Å². The van der Waals surface area contributed by atoms with Crippen LogP contribution in [0.2, 0.25) is 0 Å². The Balaban J connectivity index is 3.41. The van der Waals surface area contributed by atoms with Crippen LogP contribution in [-0.2, 0) is 0 Å². The highest BCUT2D eigenvalue weighted by atomic mass is 16.3. The third-order valence-electron chi connectivity index (χ3n) is 2.34. The second-order valence-corrected chi connectivity index (χ2v) is 3.26. The quantitative estimate of drug-likeness (QED) is 0.580. The van der Waals surface area contributed by atoms with Crippen LogP contribution in [-0.4, -0.2) is 15.3 Å². The first-order chi connectivity index (χ1) is 5.95. The fraction of sp³-hybridized carbons (Fsp3) is 0.400. The maximum Gasteiger partial charge on any atom is 0.160 e. The highest BCUT2D eigenvalue weighted by Crippen LogP contribution is 2.35. The average molecular weight is 182 g/mol. The number of aliphatic hydroxyl groups excluding tert-OH is 1. The van der Waals surface area contributed by atoms with Crippen molar-refractivity contribution in [3.05, 3.63) is 22.8 Å². The van der Waals surface area contributed by atoms with Gasteiger partial charge in [0.2, 0.25) is 0 Å². The Morgan fingerprint density at radius 2 is 1.69 bits per heavy atom. The van der Waals surface area contributed by atoms with Gasteiger partial charge in [-0.3, -0.25) is 0 Å². The van der Waals surface area contributed by atoms with Gasteiger partial charge in [-0.1, -0.05) is 0 Å². The predicted octanol–water partition coefficient (Wildman–Crippen LogP) is 1.77. The van der Waals surface area contributed by atoms with Crippen molar-refractivity contribution in [3.8, 4) is 11.5 Å². The van der Waals surface area contributed by atoms with E-state index in [1.165, 1.54) is 6.07 Å². The first-order valence-corrected chi connectivity index (χ1v) is 4.15. The Labute approximate surface area is 77.3 Å². The second-order valence-electron chi connectivity index (χ2n) is 3.26. The molecule has 0 fully saturated rings. The molecule has 0 amide bonds.